The second kappa shape index (κ2) is 3.92. The van der Waals surface area contributed by atoms with E-state index in [0.29, 0.717) is 5.88 Å². The lowest BCUT2D eigenvalue weighted by Gasteiger charge is -2.16. The minimum atomic E-state index is 0.620. The zero-order valence-corrected chi connectivity index (χ0v) is 7.53. The number of anilines is 1. The van der Waals surface area contributed by atoms with E-state index in [-0.39, 0.29) is 0 Å². The maximum atomic E-state index is 4.98. The maximum absolute atomic E-state index is 4.98. The molecule has 0 unspecified atom stereocenters. The van der Waals surface area contributed by atoms with Gasteiger partial charge in [-0.1, -0.05) is 6.07 Å². The third-order valence-electron chi connectivity index (χ3n) is 1.60. The fourth-order valence-corrected chi connectivity index (χ4v) is 0.819. The van der Waals surface area contributed by atoms with Crippen molar-refractivity contribution >= 4 is 5.82 Å². The van der Waals surface area contributed by atoms with Gasteiger partial charge >= 0.3 is 0 Å². The van der Waals surface area contributed by atoms with Crippen LogP contribution in [0.2, 0.25) is 0 Å². The van der Waals surface area contributed by atoms with Gasteiger partial charge in [-0.2, -0.15) is 4.98 Å². The molecule has 1 aromatic rings. The molecule has 0 saturated carbocycles. The standard InChI is InChI=1S/C8H13N3O/c1-9-11(2)7-5-4-6-8(10-7)12-3/h4-6,9H,1-3H3. The van der Waals surface area contributed by atoms with Crippen molar-refractivity contribution in [1.29, 1.82) is 0 Å². The molecule has 0 radical (unpaired) electrons. The van der Waals surface area contributed by atoms with Crippen LogP contribution in [0.1, 0.15) is 0 Å². The molecule has 1 heterocycles. The number of methoxy groups -OCH3 is 1. The van der Waals surface area contributed by atoms with E-state index in [2.05, 4.69) is 10.4 Å². The summed E-state index contributed by atoms with van der Waals surface area (Å²) in [5, 5.41) is 1.81. The molecule has 12 heavy (non-hydrogen) atoms. The Kier molecular flexibility index (Phi) is 2.88. The number of ether oxygens (including phenoxy) is 1. The van der Waals surface area contributed by atoms with Gasteiger partial charge in [0.25, 0.3) is 0 Å². The van der Waals surface area contributed by atoms with Crippen molar-refractivity contribution in [2.75, 3.05) is 26.2 Å². The largest absolute Gasteiger partial charge is 0.481 e. The first-order chi connectivity index (χ1) is 5.77. The Hall–Kier alpha value is -1.29. The molecule has 1 aromatic heterocycles. The van der Waals surface area contributed by atoms with E-state index >= 15 is 0 Å². The van der Waals surface area contributed by atoms with Gasteiger partial charge < -0.3 is 4.74 Å². The van der Waals surface area contributed by atoms with E-state index in [9.17, 15) is 0 Å². The van der Waals surface area contributed by atoms with Crippen LogP contribution in [0.5, 0.6) is 5.88 Å². The van der Waals surface area contributed by atoms with Crippen LogP contribution in [-0.2, 0) is 0 Å². The summed E-state index contributed by atoms with van der Waals surface area (Å²) < 4.78 is 4.98. The molecule has 66 valence electrons. The van der Waals surface area contributed by atoms with E-state index in [4.69, 9.17) is 4.74 Å². The first kappa shape index (κ1) is 8.80. The molecule has 0 saturated heterocycles. The lowest BCUT2D eigenvalue weighted by Crippen LogP contribution is -2.31. The average molecular weight is 167 g/mol. The summed E-state index contributed by atoms with van der Waals surface area (Å²) in [6.07, 6.45) is 0. The van der Waals surface area contributed by atoms with E-state index < -0.39 is 0 Å². The average Bonchev–Trinajstić information content (AvgIpc) is 2.17. The number of hydrogen-bond donors (Lipinski definition) is 1. The predicted octanol–water partition coefficient (Wildman–Crippen LogP) is 0.661. The van der Waals surface area contributed by atoms with Crippen LogP contribution in [0.25, 0.3) is 0 Å². The number of hydrogen-bond acceptors (Lipinski definition) is 4. The Morgan fingerprint density at radius 3 is 2.83 bits per heavy atom. The minimum absolute atomic E-state index is 0.620. The topological polar surface area (TPSA) is 37.4 Å². The van der Waals surface area contributed by atoms with Crippen LogP contribution in [0.4, 0.5) is 5.82 Å². The third kappa shape index (κ3) is 1.85. The summed E-state index contributed by atoms with van der Waals surface area (Å²) in [4.78, 5) is 4.20. The molecule has 1 rings (SSSR count). The van der Waals surface area contributed by atoms with Crippen LogP contribution >= 0.6 is 0 Å². The highest BCUT2D eigenvalue weighted by atomic mass is 16.5. The smallest absolute Gasteiger partial charge is 0.214 e. The maximum Gasteiger partial charge on any atom is 0.214 e. The summed E-state index contributed by atoms with van der Waals surface area (Å²) in [6, 6.07) is 5.61. The summed E-state index contributed by atoms with van der Waals surface area (Å²) in [5.41, 5.74) is 2.95. The van der Waals surface area contributed by atoms with Crippen LogP contribution in [0, 0.1) is 0 Å². The highest BCUT2D eigenvalue weighted by Gasteiger charge is 1.99. The Morgan fingerprint density at radius 2 is 2.25 bits per heavy atom. The highest BCUT2D eigenvalue weighted by molar-refractivity contribution is 5.38. The third-order valence-corrected chi connectivity index (χ3v) is 1.60. The van der Waals surface area contributed by atoms with Crippen molar-refractivity contribution in [2.45, 2.75) is 0 Å². The Balaban J connectivity index is 2.86. The van der Waals surface area contributed by atoms with Crippen molar-refractivity contribution in [3.8, 4) is 5.88 Å². The molecule has 0 aromatic carbocycles. The van der Waals surface area contributed by atoms with Crippen molar-refractivity contribution in [3.05, 3.63) is 18.2 Å². The summed E-state index contributed by atoms with van der Waals surface area (Å²) in [5.74, 6) is 1.45. The predicted molar refractivity (Wildman–Crippen MR) is 48.3 cm³/mol. The molecule has 0 aliphatic carbocycles. The number of aromatic nitrogens is 1. The molecule has 4 nitrogen and oxygen atoms in total. The molecule has 0 aliphatic rings. The molecule has 0 bridgehead atoms. The molecule has 0 amide bonds. The van der Waals surface area contributed by atoms with Gasteiger partial charge in [-0.05, 0) is 6.07 Å². The number of nitrogens with one attached hydrogen (secondary N) is 1. The second-order valence-electron chi connectivity index (χ2n) is 2.32. The molecular weight excluding hydrogens is 154 g/mol. The molecule has 4 heteroatoms. The van der Waals surface area contributed by atoms with Gasteiger partial charge in [0.1, 0.15) is 5.82 Å². The van der Waals surface area contributed by atoms with Crippen molar-refractivity contribution in [2.24, 2.45) is 0 Å². The molecule has 0 aliphatic heterocycles. The normalized spacial score (nSPS) is 9.58. The first-order valence-electron chi connectivity index (χ1n) is 3.70. The molecule has 0 spiro atoms. The fraction of sp³-hybridized carbons (Fsp3) is 0.375. The van der Waals surface area contributed by atoms with Crippen LogP contribution < -0.4 is 15.2 Å². The fourth-order valence-electron chi connectivity index (χ4n) is 0.819. The van der Waals surface area contributed by atoms with Gasteiger partial charge in [-0.15, -0.1) is 0 Å². The van der Waals surface area contributed by atoms with E-state index in [1.54, 1.807) is 7.11 Å². The van der Waals surface area contributed by atoms with Gasteiger partial charge in [-0.25, -0.2) is 5.43 Å². The molecule has 0 atom stereocenters. The van der Waals surface area contributed by atoms with E-state index in [1.807, 2.05) is 37.3 Å². The lowest BCUT2D eigenvalue weighted by molar-refractivity contribution is 0.397. The second-order valence-corrected chi connectivity index (χ2v) is 2.32. The SMILES string of the molecule is CNN(C)c1cccc(OC)n1. The van der Waals surface area contributed by atoms with Gasteiger partial charge in [0.2, 0.25) is 5.88 Å². The van der Waals surface area contributed by atoms with Crippen LogP contribution in [0.15, 0.2) is 18.2 Å². The summed E-state index contributed by atoms with van der Waals surface area (Å²) in [7, 11) is 5.33. The number of rotatable bonds is 3. The van der Waals surface area contributed by atoms with Crippen molar-refractivity contribution < 1.29 is 4.74 Å². The van der Waals surface area contributed by atoms with Crippen molar-refractivity contribution in [1.82, 2.24) is 10.4 Å². The Bertz CT molecular complexity index is 252. The number of hydrazine groups is 1. The quantitative estimate of drug-likeness (QED) is 0.671. The van der Waals surface area contributed by atoms with E-state index in [1.165, 1.54) is 0 Å². The van der Waals surface area contributed by atoms with Crippen molar-refractivity contribution in [3.63, 3.8) is 0 Å². The van der Waals surface area contributed by atoms with Gasteiger partial charge in [0, 0.05) is 20.2 Å². The minimum Gasteiger partial charge on any atom is -0.481 e. The zero-order valence-electron chi connectivity index (χ0n) is 7.53. The molecule has 0 fully saturated rings. The highest BCUT2D eigenvalue weighted by Crippen LogP contribution is 2.12. The number of nitrogens with zero attached hydrogens (tertiary/aromatic N) is 2. The molecule has 1 N–H and O–H groups in total. The molecular formula is C8H13N3O. The van der Waals surface area contributed by atoms with Crippen LogP contribution in [-0.4, -0.2) is 26.2 Å². The monoisotopic (exact) mass is 167 g/mol. The lowest BCUT2D eigenvalue weighted by atomic mass is 10.4. The first-order valence-corrected chi connectivity index (χ1v) is 3.70. The van der Waals surface area contributed by atoms with Gasteiger partial charge in [-0.3, -0.25) is 5.01 Å². The Labute approximate surface area is 72.1 Å². The zero-order chi connectivity index (χ0) is 8.97. The van der Waals surface area contributed by atoms with Crippen LogP contribution in [0.3, 0.4) is 0 Å². The Morgan fingerprint density at radius 1 is 1.50 bits per heavy atom. The van der Waals surface area contributed by atoms with E-state index in [0.717, 1.165) is 5.82 Å². The number of pyridine rings is 1. The summed E-state index contributed by atoms with van der Waals surface area (Å²) in [6.45, 7) is 0. The summed E-state index contributed by atoms with van der Waals surface area (Å²) >= 11 is 0. The van der Waals surface area contributed by atoms with Gasteiger partial charge in [0.15, 0.2) is 0 Å². The van der Waals surface area contributed by atoms with Gasteiger partial charge in [0.05, 0.1) is 7.11 Å².